The molecule has 3 aliphatic rings. The van der Waals surface area contributed by atoms with Gasteiger partial charge >= 0.3 is 12.1 Å². The van der Waals surface area contributed by atoms with E-state index in [-0.39, 0.29) is 43.6 Å². The van der Waals surface area contributed by atoms with Crippen molar-refractivity contribution < 1.29 is 28.2 Å². The number of nitrogens with one attached hydrogen (secondary N) is 1. The van der Waals surface area contributed by atoms with Crippen molar-refractivity contribution in [2.24, 2.45) is 11.8 Å². The maximum absolute atomic E-state index is 14.7. The number of rotatable bonds is 10. The highest BCUT2D eigenvalue weighted by molar-refractivity contribution is 6.43. The third kappa shape index (κ3) is 6.98. The second-order valence-electron chi connectivity index (χ2n) is 14.1. The van der Waals surface area contributed by atoms with Gasteiger partial charge in [0.05, 0.1) is 10.0 Å². The lowest BCUT2D eigenvalue weighted by Crippen LogP contribution is -2.36. The first-order valence-corrected chi connectivity index (χ1v) is 18.9. The molecule has 0 bridgehead atoms. The Morgan fingerprint density at radius 1 is 0.981 bits per heavy atom. The fourth-order valence-corrected chi connectivity index (χ4v) is 8.60. The number of piperidine rings is 1. The van der Waals surface area contributed by atoms with Gasteiger partial charge in [-0.05, 0) is 66.8 Å². The van der Waals surface area contributed by atoms with Gasteiger partial charge < -0.3 is 24.4 Å². The van der Waals surface area contributed by atoms with Crippen LogP contribution < -0.4 is 10.2 Å². The summed E-state index contributed by atoms with van der Waals surface area (Å²) < 4.78 is 33.8. The van der Waals surface area contributed by atoms with Crippen molar-refractivity contribution in [3.63, 3.8) is 0 Å². The lowest BCUT2D eigenvalue weighted by Gasteiger charge is -2.29. The minimum Gasteiger partial charge on any atom is -0.459 e. The number of amides is 1. The number of carbonyl (C=O) groups excluding carboxylic acids is 2. The average molecular weight is 774 g/mol. The summed E-state index contributed by atoms with van der Waals surface area (Å²) >= 11 is 13.2. The normalized spacial score (nSPS) is 22.1. The molecule has 280 valence electrons. The van der Waals surface area contributed by atoms with Crippen molar-refractivity contribution in [2.75, 3.05) is 31.1 Å². The van der Waals surface area contributed by atoms with Crippen molar-refractivity contribution in [2.45, 2.75) is 57.5 Å². The zero-order valence-electron chi connectivity index (χ0n) is 29.6. The van der Waals surface area contributed by atoms with Gasteiger partial charge in [0.1, 0.15) is 35.9 Å². The van der Waals surface area contributed by atoms with E-state index in [0.717, 1.165) is 36.8 Å². The summed E-state index contributed by atoms with van der Waals surface area (Å²) in [6.07, 6.45) is 2.50. The minimum absolute atomic E-state index is 0.0361. The van der Waals surface area contributed by atoms with E-state index in [1.807, 2.05) is 42.5 Å². The first-order valence-electron chi connectivity index (χ1n) is 18.2. The molecule has 2 saturated heterocycles. The monoisotopic (exact) mass is 772 g/mol. The van der Waals surface area contributed by atoms with Gasteiger partial charge in [-0.25, -0.2) is 23.8 Å². The Balaban J connectivity index is 1.14. The number of fused-ring (bicyclic) bond motifs is 2. The third-order valence-corrected chi connectivity index (χ3v) is 11.7. The summed E-state index contributed by atoms with van der Waals surface area (Å²) in [7, 11) is 0. The molecule has 14 heteroatoms. The molecule has 0 spiro atoms. The van der Waals surface area contributed by atoms with Gasteiger partial charge in [-0.3, -0.25) is 4.79 Å². The highest BCUT2D eigenvalue weighted by Gasteiger charge is 2.66. The second kappa shape index (κ2) is 15.2. The van der Waals surface area contributed by atoms with E-state index in [1.54, 1.807) is 28.9 Å². The topological polar surface area (TPSA) is 121 Å². The first kappa shape index (κ1) is 36.2. The SMILES string of the molecule is CC(=O)OCc1nc2c(-c3cccc(Cl)c3Cl)nn(C3CCCCO3)c2nc1N1CCC2C(C1)C2(CNC(=O)OCc1ccccc1)c1cccc(F)c1. The van der Waals surface area contributed by atoms with Gasteiger partial charge in [-0.15, -0.1) is 0 Å². The molecule has 4 unspecified atom stereocenters. The van der Waals surface area contributed by atoms with Crippen LogP contribution in [0.15, 0.2) is 72.8 Å². The number of esters is 1. The number of anilines is 1. The zero-order chi connectivity index (χ0) is 37.4. The Morgan fingerprint density at radius 3 is 2.59 bits per heavy atom. The van der Waals surface area contributed by atoms with Gasteiger partial charge in [0.25, 0.3) is 0 Å². The Labute approximate surface area is 321 Å². The maximum Gasteiger partial charge on any atom is 0.407 e. The molecule has 54 heavy (non-hydrogen) atoms. The average Bonchev–Trinajstić information content (AvgIpc) is 3.69. The molecule has 4 heterocycles. The van der Waals surface area contributed by atoms with Crippen LogP contribution in [-0.2, 0) is 37.6 Å². The highest BCUT2D eigenvalue weighted by atomic mass is 35.5. The van der Waals surface area contributed by atoms with Crippen LogP contribution in [0.25, 0.3) is 22.4 Å². The number of hydrogen-bond donors (Lipinski definition) is 1. The molecule has 8 rings (SSSR count). The number of benzene rings is 3. The number of ether oxygens (including phenoxy) is 3. The molecule has 1 amide bonds. The first-order chi connectivity index (χ1) is 26.2. The van der Waals surface area contributed by atoms with E-state index in [1.165, 1.54) is 13.0 Å². The predicted octanol–water partition coefficient (Wildman–Crippen LogP) is 8.02. The molecule has 1 aliphatic carbocycles. The molecule has 5 aromatic rings. The largest absolute Gasteiger partial charge is 0.459 e. The Morgan fingerprint density at radius 2 is 1.81 bits per heavy atom. The van der Waals surface area contributed by atoms with Crippen LogP contribution >= 0.6 is 23.2 Å². The lowest BCUT2D eigenvalue weighted by atomic mass is 9.91. The number of alkyl carbamates (subject to hydrolysis) is 1. The molecular weight excluding hydrogens is 734 g/mol. The number of halogens is 3. The molecular formula is C40H39Cl2FN6O5. The summed E-state index contributed by atoms with van der Waals surface area (Å²) in [5.74, 6) is -0.0419. The molecule has 3 fully saturated rings. The second-order valence-corrected chi connectivity index (χ2v) is 14.9. The van der Waals surface area contributed by atoms with Crippen LogP contribution in [0.4, 0.5) is 15.0 Å². The van der Waals surface area contributed by atoms with E-state index in [0.29, 0.717) is 63.7 Å². The quantitative estimate of drug-likeness (QED) is 0.141. The Bertz CT molecular complexity index is 2200. The van der Waals surface area contributed by atoms with E-state index in [9.17, 15) is 14.0 Å². The van der Waals surface area contributed by atoms with Crippen LogP contribution in [0.1, 0.15) is 55.7 Å². The summed E-state index contributed by atoms with van der Waals surface area (Å²) in [6, 6.07) is 21.4. The smallest absolute Gasteiger partial charge is 0.407 e. The maximum atomic E-state index is 14.7. The van der Waals surface area contributed by atoms with Gasteiger partial charge in [-0.2, -0.15) is 5.10 Å². The summed E-state index contributed by atoms with van der Waals surface area (Å²) in [5.41, 5.74) is 3.69. The Hall–Kier alpha value is -4.78. The van der Waals surface area contributed by atoms with Crippen LogP contribution in [0.5, 0.6) is 0 Å². The van der Waals surface area contributed by atoms with Crippen LogP contribution in [0.2, 0.25) is 10.0 Å². The van der Waals surface area contributed by atoms with E-state index < -0.39 is 17.5 Å². The van der Waals surface area contributed by atoms with E-state index >= 15 is 0 Å². The zero-order valence-corrected chi connectivity index (χ0v) is 31.2. The van der Waals surface area contributed by atoms with Gasteiger partial charge in [-0.1, -0.05) is 77.8 Å². The molecule has 1 saturated carbocycles. The number of carbonyl (C=O) groups is 2. The van der Waals surface area contributed by atoms with E-state index in [2.05, 4.69) is 10.2 Å². The third-order valence-electron chi connectivity index (χ3n) is 10.9. The van der Waals surface area contributed by atoms with Crippen molar-refractivity contribution >= 4 is 52.2 Å². The summed E-state index contributed by atoms with van der Waals surface area (Å²) in [5, 5.41) is 8.69. The molecule has 1 N–H and O–H groups in total. The van der Waals surface area contributed by atoms with E-state index in [4.69, 9.17) is 52.5 Å². The van der Waals surface area contributed by atoms with Crippen LogP contribution in [0.3, 0.4) is 0 Å². The van der Waals surface area contributed by atoms with Gasteiger partial charge in [0, 0.05) is 44.1 Å². The number of aromatic nitrogens is 4. The fourth-order valence-electron chi connectivity index (χ4n) is 8.21. The molecule has 4 atom stereocenters. The molecule has 2 aliphatic heterocycles. The van der Waals surface area contributed by atoms with Crippen molar-refractivity contribution in [1.82, 2.24) is 25.1 Å². The van der Waals surface area contributed by atoms with Crippen LogP contribution in [-0.4, -0.2) is 58.1 Å². The number of nitrogens with zero attached hydrogens (tertiary/aromatic N) is 5. The van der Waals surface area contributed by atoms with Crippen molar-refractivity contribution in [3.8, 4) is 11.3 Å². The fraction of sp³-hybridized carbons (Fsp3) is 0.375. The van der Waals surface area contributed by atoms with Gasteiger partial charge in [0.2, 0.25) is 0 Å². The summed E-state index contributed by atoms with van der Waals surface area (Å²) in [4.78, 5) is 37.5. The minimum atomic E-state index is -0.538. The van der Waals surface area contributed by atoms with Crippen molar-refractivity contribution in [1.29, 1.82) is 0 Å². The summed E-state index contributed by atoms with van der Waals surface area (Å²) in [6.45, 7) is 3.38. The number of hydrogen-bond acceptors (Lipinski definition) is 9. The standard InChI is InChI=1S/C40H39Cl2FN6O5/c1-24(50)53-22-32-37(46-38-36(45-32)35(28-13-8-14-31(41)34(28)42)47-49(38)33-15-5-6-18-52-33)48-17-16-29-30(20-48)40(29,26-11-7-12-27(43)19-26)23-44-39(51)54-21-25-9-3-2-4-10-25/h2-4,7-14,19,29-30,33H,5-6,15-18,20-23H2,1H3,(H,44,51). The molecule has 0 radical (unpaired) electrons. The van der Waals surface area contributed by atoms with Crippen LogP contribution in [0, 0.1) is 17.7 Å². The molecule has 11 nitrogen and oxygen atoms in total. The Kier molecular flexibility index (Phi) is 10.2. The highest BCUT2D eigenvalue weighted by Crippen LogP contribution is 2.63. The van der Waals surface area contributed by atoms with Gasteiger partial charge in [0.15, 0.2) is 17.7 Å². The van der Waals surface area contributed by atoms with Crippen molar-refractivity contribution in [3.05, 3.63) is 105 Å². The predicted molar refractivity (Wildman–Crippen MR) is 202 cm³/mol. The molecule has 3 aromatic carbocycles. The lowest BCUT2D eigenvalue weighted by molar-refractivity contribution is -0.142. The molecule has 2 aromatic heterocycles.